The van der Waals surface area contributed by atoms with Crippen LogP contribution < -0.4 is 5.32 Å². The molecule has 0 unspecified atom stereocenters. The third-order valence-corrected chi connectivity index (χ3v) is 2.95. The molecule has 0 spiro atoms. The molecule has 1 N–H and O–H groups in total. The Labute approximate surface area is 92.7 Å². The summed E-state index contributed by atoms with van der Waals surface area (Å²) < 4.78 is 0. The number of hydrogen-bond acceptors (Lipinski definition) is 4. The maximum absolute atomic E-state index is 11.6. The van der Waals surface area contributed by atoms with Crippen molar-refractivity contribution in [2.24, 2.45) is 5.92 Å². The maximum atomic E-state index is 11.6. The van der Waals surface area contributed by atoms with Crippen LogP contribution in [0, 0.1) is 12.8 Å². The molecular formula is C10H14N2O2S. The quantitative estimate of drug-likeness (QED) is 0.844. The monoisotopic (exact) mass is 226 g/mol. The molecule has 5 heteroatoms. The van der Waals surface area contributed by atoms with Gasteiger partial charge in [0.05, 0.1) is 17.7 Å². The van der Waals surface area contributed by atoms with Gasteiger partial charge in [0, 0.05) is 5.92 Å². The topological polar surface area (TPSA) is 59.1 Å². The second-order valence-corrected chi connectivity index (χ2v) is 4.43. The zero-order chi connectivity index (χ0) is 11.4. The second kappa shape index (κ2) is 5.02. The first-order valence-corrected chi connectivity index (χ1v) is 5.61. The van der Waals surface area contributed by atoms with E-state index in [0.29, 0.717) is 10.6 Å². The summed E-state index contributed by atoms with van der Waals surface area (Å²) in [6, 6.07) is 0. The van der Waals surface area contributed by atoms with Crippen molar-refractivity contribution in [2.75, 3.05) is 6.54 Å². The molecule has 0 aliphatic rings. The number of carbonyl (C=O) groups excluding carboxylic acids is 2. The molecule has 0 saturated carbocycles. The van der Waals surface area contributed by atoms with Gasteiger partial charge in [-0.25, -0.2) is 4.98 Å². The van der Waals surface area contributed by atoms with Gasteiger partial charge in [0.25, 0.3) is 5.91 Å². The first-order valence-electron chi connectivity index (χ1n) is 4.73. The van der Waals surface area contributed by atoms with Crippen LogP contribution in [0.1, 0.15) is 29.2 Å². The fourth-order valence-electron chi connectivity index (χ4n) is 0.972. The number of nitrogens with zero attached hydrogens (tertiary/aromatic N) is 1. The maximum Gasteiger partial charge on any atom is 0.263 e. The molecule has 0 aliphatic carbocycles. The molecule has 0 aromatic carbocycles. The van der Waals surface area contributed by atoms with Gasteiger partial charge in [-0.15, -0.1) is 11.3 Å². The van der Waals surface area contributed by atoms with Gasteiger partial charge in [-0.2, -0.15) is 0 Å². The van der Waals surface area contributed by atoms with Gasteiger partial charge in [-0.1, -0.05) is 13.8 Å². The van der Waals surface area contributed by atoms with Crippen molar-refractivity contribution >= 4 is 23.0 Å². The predicted octanol–water partition coefficient (Wildman–Crippen LogP) is 1.41. The summed E-state index contributed by atoms with van der Waals surface area (Å²) in [7, 11) is 0. The third kappa shape index (κ3) is 3.13. The molecule has 0 radical (unpaired) electrons. The van der Waals surface area contributed by atoms with Crippen LogP contribution in [0.15, 0.2) is 5.51 Å². The van der Waals surface area contributed by atoms with Gasteiger partial charge in [-0.3, -0.25) is 9.59 Å². The molecule has 0 bridgehead atoms. The van der Waals surface area contributed by atoms with E-state index in [9.17, 15) is 9.59 Å². The molecule has 1 aromatic heterocycles. The van der Waals surface area contributed by atoms with Crippen molar-refractivity contribution in [1.29, 1.82) is 0 Å². The summed E-state index contributed by atoms with van der Waals surface area (Å²) in [6.45, 7) is 5.49. The highest BCUT2D eigenvalue weighted by Crippen LogP contribution is 2.11. The van der Waals surface area contributed by atoms with Crippen LogP contribution in [0.5, 0.6) is 0 Å². The van der Waals surface area contributed by atoms with Gasteiger partial charge in [-0.05, 0) is 6.92 Å². The second-order valence-electron chi connectivity index (χ2n) is 3.57. The summed E-state index contributed by atoms with van der Waals surface area (Å²) in [4.78, 5) is 27.4. The van der Waals surface area contributed by atoms with E-state index in [1.165, 1.54) is 11.3 Å². The third-order valence-electron chi connectivity index (χ3n) is 2.02. The SMILES string of the molecule is Cc1ncsc1C(=O)NCC(=O)C(C)C. The Balaban J connectivity index is 2.51. The van der Waals surface area contributed by atoms with Crippen LogP contribution in [0.2, 0.25) is 0 Å². The zero-order valence-electron chi connectivity index (χ0n) is 9.03. The van der Waals surface area contributed by atoms with E-state index in [2.05, 4.69) is 10.3 Å². The molecule has 1 rings (SSSR count). The van der Waals surface area contributed by atoms with Gasteiger partial charge < -0.3 is 5.32 Å². The van der Waals surface area contributed by atoms with Crippen molar-refractivity contribution in [2.45, 2.75) is 20.8 Å². The minimum absolute atomic E-state index is 0.0329. The number of amides is 1. The standard InChI is InChI=1S/C10H14N2O2S/c1-6(2)8(13)4-11-10(14)9-7(3)12-5-15-9/h5-6H,4H2,1-3H3,(H,11,14). The molecule has 0 aliphatic heterocycles. The van der Waals surface area contributed by atoms with Crippen LogP contribution in [-0.2, 0) is 4.79 Å². The van der Waals surface area contributed by atoms with E-state index in [1.807, 2.05) is 13.8 Å². The van der Waals surface area contributed by atoms with E-state index < -0.39 is 0 Å². The summed E-state index contributed by atoms with van der Waals surface area (Å²) >= 11 is 1.28. The van der Waals surface area contributed by atoms with Crippen molar-refractivity contribution in [3.8, 4) is 0 Å². The number of rotatable bonds is 4. The van der Waals surface area contributed by atoms with Crippen molar-refractivity contribution < 1.29 is 9.59 Å². The number of nitrogens with one attached hydrogen (secondary N) is 1. The lowest BCUT2D eigenvalue weighted by Crippen LogP contribution is -2.31. The molecule has 0 saturated heterocycles. The first-order chi connectivity index (χ1) is 7.02. The normalized spacial score (nSPS) is 10.4. The minimum atomic E-state index is -0.219. The van der Waals surface area contributed by atoms with E-state index >= 15 is 0 Å². The van der Waals surface area contributed by atoms with E-state index in [0.717, 1.165) is 0 Å². The molecule has 15 heavy (non-hydrogen) atoms. The fourth-order valence-corrected chi connectivity index (χ4v) is 1.69. The van der Waals surface area contributed by atoms with Gasteiger partial charge >= 0.3 is 0 Å². The smallest absolute Gasteiger partial charge is 0.263 e. The summed E-state index contributed by atoms with van der Waals surface area (Å²) in [5.74, 6) is -0.234. The number of Topliss-reactive ketones (excluding diaryl/α,β-unsaturated/α-hetero) is 1. The highest BCUT2D eigenvalue weighted by Gasteiger charge is 2.13. The van der Waals surface area contributed by atoms with E-state index in [4.69, 9.17) is 0 Å². The van der Waals surface area contributed by atoms with Gasteiger partial charge in [0.1, 0.15) is 4.88 Å². The molecule has 82 valence electrons. The molecule has 4 nitrogen and oxygen atoms in total. The van der Waals surface area contributed by atoms with Crippen LogP contribution in [0.4, 0.5) is 0 Å². The Morgan fingerprint density at radius 2 is 2.20 bits per heavy atom. The average molecular weight is 226 g/mol. The largest absolute Gasteiger partial charge is 0.344 e. The fraction of sp³-hybridized carbons (Fsp3) is 0.500. The minimum Gasteiger partial charge on any atom is -0.344 e. The van der Waals surface area contributed by atoms with Crippen LogP contribution in [0.3, 0.4) is 0 Å². The lowest BCUT2D eigenvalue weighted by molar-refractivity contribution is -0.120. The zero-order valence-corrected chi connectivity index (χ0v) is 9.85. The first kappa shape index (κ1) is 11.8. The molecule has 1 amide bonds. The van der Waals surface area contributed by atoms with E-state index in [-0.39, 0.29) is 24.2 Å². The van der Waals surface area contributed by atoms with Crippen molar-refractivity contribution in [3.05, 3.63) is 16.1 Å². The Kier molecular flexibility index (Phi) is 3.96. The molecule has 1 heterocycles. The number of hydrogen-bond donors (Lipinski definition) is 1. The Bertz CT molecular complexity index is 371. The van der Waals surface area contributed by atoms with Crippen LogP contribution in [0.25, 0.3) is 0 Å². The molecule has 0 fully saturated rings. The van der Waals surface area contributed by atoms with Crippen LogP contribution >= 0.6 is 11.3 Å². The molecule has 0 atom stereocenters. The number of ketones is 1. The lowest BCUT2D eigenvalue weighted by Gasteiger charge is -2.05. The summed E-state index contributed by atoms with van der Waals surface area (Å²) in [5, 5.41) is 2.59. The highest BCUT2D eigenvalue weighted by molar-refractivity contribution is 7.11. The van der Waals surface area contributed by atoms with Crippen molar-refractivity contribution in [3.63, 3.8) is 0 Å². The Morgan fingerprint density at radius 3 is 2.67 bits per heavy atom. The summed E-state index contributed by atoms with van der Waals surface area (Å²) in [6.07, 6.45) is 0. The number of carbonyl (C=O) groups is 2. The lowest BCUT2D eigenvalue weighted by atomic mass is 10.1. The number of aryl methyl sites for hydroxylation is 1. The van der Waals surface area contributed by atoms with Crippen LogP contribution in [-0.4, -0.2) is 23.2 Å². The number of aromatic nitrogens is 1. The summed E-state index contributed by atoms with van der Waals surface area (Å²) in [5.41, 5.74) is 2.32. The predicted molar refractivity (Wildman–Crippen MR) is 59.0 cm³/mol. The molecule has 1 aromatic rings. The average Bonchev–Trinajstić information content (AvgIpc) is 2.60. The van der Waals surface area contributed by atoms with E-state index in [1.54, 1.807) is 12.4 Å². The Morgan fingerprint density at radius 1 is 1.53 bits per heavy atom. The Hall–Kier alpha value is -1.23. The van der Waals surface area contributed by atoms with Crippen molar-refractivity contribution in [1.82, 2.24) is 10.3 Å². The van der Waals surface area contributed by atoms with Gasteiger partial charge in [0.2, 0.25) is 0 Å². The van der Waals surface area contributed by atoms with Gasteiger partial charge in [0.15, 0.2) is 5.78 Å². The number of thiazole rings is 1. The molecular weight excluding hydrogens is 212 g/mol. The highest BCUT2D eigenvalue weighted by atomic mass is 32.1.